The van der Waals surface area contributed by atoms with Crippen molar-refractivity contribution in [2.24, 2.45) is 0 Å². The van der Waals surface area contributed by atoms with Crippen LogP contribution in [-0.2, 0) is 20.2 Å². The van der Waals surface area contributed by atoms with Gasteiger partial charge in [-0.3, -0.25) is 4.79 Å². The summed E-state index contributed by atoms with van der Waals surface area (Å²) in [6.45, 7) is 1.14. The number of rotatable bonds is 3. The molecule has 1 atom stereocenters. The lowest BCUT2D eigenvalue weighted by atomic mass is 9.73. The number of hydrogen-bond acceptors (Lipinski definition) is 3. The molecule has 1 aliphatic carbocycles. The molecule has 1 spiro atoms. The monoisotopic (exact) mass is 350 g/mol. The third-order valence-corrected chi connectivity index (χ3v) is 6.98. The fourth-order valence-electron chi connectivity index (χ4n) is 4.32. The van der Waals surface area contributed by atoms with E-state index in [1.165, 1.54) is 17.4 Å². The third kappa shape index (κ3) is 3.09. The molecule has 0 aromatic heterocycles. The average Bonchev–Trinajstić information content (AvgIpc) is 2.81. The van der Waals surface area contributed by atoms with Gasteiger partial charge in [-0.2, -0.15) is 0 Å². The normalized spacial score (nSPS) is 23.2. The highest BCUT2D eigenvalue weighted by molar-refractivity contribution is 7.88. The summed E-state index contributed by atoms with van der Waals surface area (Å²) in [4.78, 5) is 13.9. The van der Waals surface area contributed by atoms with Crippen LogP contribution in [0.25, 0.3) is 0 Å². The fourth-order valence-corrected chi connectivity index (χ4v) is 5.17. The number of carbonyl (C=O) groups excluding carboxylic acids is 1. The van der Waals surface area contributed by atoms with Crippen molar-refractivity contribution in [1.82, 2.24) is 9.21 Å². The van der Waals surface area contributed by atoms with Crippen LogP contribution >= 0.6 is 0 Å². The Morgan fingerprint density at radius 1 is 1.25 bits per heavy atom. The van der Waals surface area contributed by atoms with Crippen LogP contribution < -0.4 is 0 Å². The zero-order valence-electron chi connectivity index (χ0n) is 14.7. The minimum absolute atomic E-state index is 0.0229. The lowest BCUT2D eigenvalue weighted by molar-refractivity contribution is -0.129. The van der Waals surface area contributed by atoms with E-state index in [4.69, 9.17) is 0 Å². The van der Waals surface area contributed by atoms with E-state index >= 15 is 0 Å². The van der Waals surface area contributed by atoms with Crippen molar-refractivity contribution in [3.8, 4) is 0 Å². The second-order valence-electron chi connectivity index (χ2n) is 7.42. The minimum Gasteiger partial charge on any atom is -0.349 e. The van der Waals surface area contributed by atoms with Crippen molar-refractivity contribution in [2.75, 3.05) is 33.4 Å². The van der Waals surface area contributed by atoms with E-state index in [9.17, 15) is 13.2 Å². The first-order chi connectivity index (χ1) is 11.2. The lowest BCUT2D eigenvalue weighted by Crippen LogP contribution is -2.44. The van der Waals surface area contributed by atoms with Gasteiger partial charge in [0.05, 0.1) is 6.26 Å². The SMILES string of the molecule is CN(C)C(=O)CC1CC2(CCN(S(C)(=O)=O)CC2)c2ccccc21. The van der Waals surface area contributed by atoms with E-state index in [2.05, 4.69) is 18.2 Å². The first kappa shape index (κ1) is 17.4. The Morgan fingerprint density at radius 3 is 2.46 bits per heavy atom. The highest BCUT2D eigenvalue weighted by atomic mass is 32.2. The van der Waals surface area contributed by atoms with E-state index in [1.54, 1.807) is 23.3 Å². The molecule has 1 aromatic carbocycles. The largest absolute Gasteiger partial charge is 0.349 e. The molecular weight excluding hydrogens is 324 g/mol. The van der Waals surface area contributed by atoms with Crippen molar-refractivity contribution in [2.45, 2.75) is 37.0 Å². The Bertz CT molecular complexity index is 734. The number of carbonyl (C=O) groups is 1. The van der Waals surface area contributed by atoms with E-state index in [0.717, 1.165) is 19.3 Å². The molecule has 1 saturated heterocycles. The molecule has 0 radical (unpaired) electrons. The van der Waals surface area contributed by atoms with Gasteiger partial charge in [-0.1, -0.05) is 24.3 Å². The second-order valence-corrected chi connectivity index (χ2v) is 9.41. The van der Waals surface area contributed by atoms with Crippen molar-refractivity contribution in [1.29, 1.82) is 0 Å². The summed E-state index contributed by atoms with van der Waals surface area (Å²) in [5.41, 5.74) is 2.63. The van der Waals surface area contributed by atoms with Gasteiger partial charge in [0.25, 0.3) is 0 Å². The van der Waals surface area contributed by atoms with E-state index < -0.39 is 10.0 Å². The summed E-state index contributed by atoms with van der Waals surface area (Å²) < 4.78 is 25.2. The molecule has 1 aliphatic heterocycles. The van der Waals surface area contributed by atoms with Crippen LogP contribution in [0.3, 0.4) is 0 Å². The van der Waals surface area contributed by atoms with Crippen LogP contribution in [0.2, 0.25) is 0 Å². The Hall–Kier alpha value is -1.40. The molecule has 1 aromatic rings. The number of fused-ring (bicyclic) bond motifs is 2. The molecule has 24 heavy (non-hydrogen) atoms. The first-order valence-corrected chi connectivity index (χ1v) is 10.3. The molecule has 1 unspecified atom stereocenters. The second kappa shape index (κ2) is 6.15. The van der Waals surface area contributed by atoms with Gasteiger partial charge in [0.2, 0.25) is 15.9 Å². The predicted octanol–water partition coefficient (Wildman–Crippen LogP) is 1.95. The summed E-state index contributed by atoms with van der Waals surface area (Å²) in [5.74, 6) is 0.390. The number of sulfonamides is 1. The number of benzene rings is 1. The lowest BCUT2D eigenvalue weighted by Gasteiger charge is -2.39. The van der Waals surface area contributed by atoms with E-state index in [0.29, 0.717) is 19.5 Å². The van der Waals surface area contributed by atoms with Crippen LogP contribution in [0.4, 0.5) is 0 Å². The van der Waals surface area contributed by atoms with Crippen molar-refractivity contribution in [3.05, 3.63) is 35.4 Å². The topological polar surface area (TPSA) is 57.7 Å². The summed E-state index contributed by atoms with van der Waals surface area (Å²) in [6, 6.07) is 8.41. The fraction of sp³-hybridized carbons (Fsp3) is 0.611. The van der Waals surface area contributed by atoms with Gasteiger partial charge in [-0.25, -0.2) is 12.7 Å². The Morgan fingerprint density at radius 2 is 1.88 bits per heavy atom. The zero-order chi connectivity index (χ0) is 17.5. The van der Waals surface area contributed by atoms with Crippen molar-refractivity contribution in [3.63, 3.8) is 0 Å². The zero-order valence-corrected chi connectivity index (χ0v) is 15.5. The third-order valence-electron chi connectivity index (χ3n) is 5.68. The predicted molar refractivity (Wildman–Crippen MR) is 94.4 cm³/mol. The maximum absolute atomic E-state index is 12.2. The maximum Gasteiger partial charge on any atom is 0.222 e. The number of amides is 1. The molecule has 1 fully saturated rings. The Balaban J connectivity index is 1.85. The van der Waals surface area contributed by atoms with Gasteiger partial charge in [0.15, 0.2) is 0 Å². The van der Waals surface area contributed by atoms with E-state index in [1.807, 2.05) is 6.07 Å². The molecule has 0 bridgehead atoms. The standard InChI is InChI=1S/C18H26N2O3S/c1-19(2)17(21)12-14-13-18(16-7-5-4-6-15(14)16)8-10-20(11-9-18)24(3,22)23/h4-7,14H,8-13H2,1-3H3. The molecule has 3 rings (SSSR count). The Labute approximate surface area is 144 Å². The van der Waals surface area contributed by atoms with Crippen LogP contribution in [0.15, 0.2) is 24.3 Å². The van der Waals surface area contributed by atoms with Crippen LogP contribution in [0.1, 0.15) is 42.7 Å². The van der Waals surface area contributed by atoms with Gasteiger partial charge >= 0.3 is 0 Å². The molecule has 1 heterocycles. The Kier molecular flexibility index (Phi) is 4.47. The average molecular weight is 350 g/mol. The highest BCUT2D eigenvalue weighted by Crippen LogP contribution is 2.52. The summed E-state index contributed by atoms with van der Waals surface area (Å²) in [5, 5.41) is 0. The molecule has 5 nitrogen and oxygen atoms in total. The molecule has 132 valence electrons. The van der Waals surface area contributed by atoms with Gasteiger partial charge in [-0.15, -0.1) is 0 Å². The van der Waals surface area contributed by atoms with Gasteiger partial charge in [0, 0.05) is 33.6 Å². The first-order valence-electron chi connectivity index (χ1n) is 8.48. The van der Waals surface area contributed by atoms with Crippen LogP contribution in [0.5, 0.6) is 0 Å². The van der Waals surface area contributed by atoms with Crippen LogP contribution in [-0.4, -0.2) is 57.0 Å². The molecule has 1 amide bonds. The smallest absolute Gasteiger partial charge is 0.222 e. The van der Waals surface area contributed by atoms with Gasteiger partial charge in [-0.05, 0) is 41.7 Å². The maximum atomic E-state index is 12.2. The number of nitrogens with zero attached hydrogens (tertiary/aromatic N) is 2. The number of piperidine rings is 1. The highest BCUT2D eigenvalue weighted by Gasteiger charge is 2.46. The summed E-state index contributed by atoms with van der Waals surface area (Å²) >= 11 is 0. The van der Waals surface area contributed by atoms with Gasteiger partial charge < -0.3 is 4.90 Å². The summed E-state index contributed by atoms with van der Waals surface area (Å²) in [6.07, 6.45) is 4.44. The molecule has 0 saturated carbocycles. The summed E-state index contributed by atoms with van der Waals surface area (Å²) in [7, 11) is 0.470. The quantitative estimate of drug-likeness (QED) is 0.837. The van der Waals surface area contributed by atoms with Crippen molar-refractivity contribution < 1.29 is 13.2 Å². The molecular formula is C18H26N2O3S. The molecule has 6 heteroatoms. The van der Waals surface area contributed by atoms with Crippen molar-refractivity contribution >= 4 is 15.9 Å². The van der Waals surface area contributed by atoms with E-state index in [-0.39, 0.29) is 17.2 Å². The molecule has 2 aliphatic rings. The number of hydrogen-bond donors (Lipinski definition) is 0. The van der Waals surface area contributed by atoms with Gasteiger partial charge in [0.1, 0.15) is 0 Å². The molecule has 0 N–H and O–H groups in total. The van der Waals surface area contributed by atoms with Crippen LogP contribution in [0, 0.1) is 0 Å². The minimum atomic E-state index is -3.12.